The highest BCUT2D eigenvalue weighted by Crippen LogP contribution is 2.10. The summed E-state index contributed by atoms with van der Waals surface area (Å²) in [5.41, 5.74) is 0.189. The molecule has 1 heterocycles. The van der Waals surface area contributed by atoms with E-state index >= 15 is 0 Å². The second kappa shape index (κ2) is 3.95. The van der Waals surface area contributed by atoms with Crippen LogP contribution in [-0.2, 0) is 0 Å². The van der Waals surface area contributed by atoms with Crippen LogP contribution >= 0.6 is 0 Å². The Hall–Kier alpha value is -1.79. The molecule has 0 saturated carbocycles. The van der Waals surface area contributed by atoms with E-state index in [-0.39, 0.29) is 5.69 Å². The van der Waals surface area contributed by atoms with Crippen molar-refractivity contribution in [2.75, 3.05) is 5.32 Å². The first-order chi connectivity index (χ1) is 6.47. The van der Waals surface area contributed by atoms with Crippen LogP contribution in [0, 0.1) is 0 Å². The van der Waals surface area contributed by atoms with E-state index in [2.05, 4.69) is 4.98 Å². The van der Waals surface area contributed by atoms with Crippen LogP contribution in [-0.4, -0.2) is 17.3 Å². The topological polar surface area (TPSA) is 54.0 Å². The number of aromatic nitrogens is 1. The van der Waals surface area contributed by atoms with E-state index in [0.29, 0.717) is 0 Å². The summed E-state index contributed by atoms with van der Waals surface area (Å²) in [5.74, 6) is 0. The van der Waals surface area contributed by atoms with Crippen LogP contribution < -0.4 is 10.6 Å². The molecule has 1 rings (SSSR count). The average Bonchev–Trinajstić information content (AvgIpc) is 2.02. The summed E-state index contributed by atoms with van der Waals surface area (Å²) >= 11 is 0. The van der Waals surface area contributed by atoms with Gasteiger partial charge in [-0.25, -0.2) is 10.1 Å². The van der Waals surface area contributed by atoms with E-state index < -0.39 is 12.3 Å². The van der Waals surface area contributed by atoms with Crippen molar-refractivity contribution in [2.24, 2.45) is 0 Å². The Balaban J connectivity index is 2.50. The molecule has 4 nitrogen and oxygen atoms in total. The maximum absolute atomic E-state index is 11.6. The number of alkyl halides is 3. The molecule has 0 radical (unpaired) electrons. The maximum Gasteiger partial charge on any atom is 0.485 e. The van der Waals surface area contributed by atoms with Gasteiger partial charge in [-0.1, -0.05) is 0 Å². The number of carbonyl (C=O) groups excluding carboxylic acids is 1. The quantitative estimate of drug-likeness (QED) is 0.686. The zero-order chi connectivity index (χ0) is 10.6. The number of hydrogen-bond donors (Lipinski definition) is 2. The lowest BCUT2D eigenvalue weighted by Crippen LogP contribution is -2.40. The molecule has 1 aromatic heterocycles. The Bertz CT molecular complexity index is 312. The van der Waals surface area contributed by atoms with E-state index in [1.54, 1.807) is 0 Å². The lowest BCUT2D eigenvalue weighted by Gasteiger charge is -2.09. The number of hydrogen-bond acceptors (Lipinski definition) is 2. The Morgan fingerprint density at radius 1 is 1.43 bits per heavy atom. The summed E-state index contributed by atoms with van der Waals surface area (Å²) in [6.45, 7) is 0. The highest BCUT2D eigenvalue weighted by atomic mass is 19.4. The number of carbonyl (C=O) groups is 1. The fraction of sp³-hybridized carbons (Fsp3) is 0.143. The van der Waals surface area contributed by atoms with Gasteiger partial charge >= 0.3 is 12.3 Å². The molecule has 14 heavy (non-hydrogen) atoms. The molecule has 0 saturated heterocycles. The van der Waals surface area contributed by atoms with E-state index in [1.807, 2.05) is 5.32 Å². The molecule has 0 atom stereocenters. The molecular weight excluding hydrogens is 199 g/mol. The van der Waals surface area contributed by atoms with Crippen LogP contribution in [0.5, 0.6) is 0 Å². The Morgan fingerprint density at radius 2 is 2.14 bits per heavy atom. The molecule has 0 aromatic carbocycles. The summed E-state index contributed by atoms with van der Waals surface area (Å²) in [7, 11) is 0. The smallest absolute Gasteiger partial charge is 0.306 e. The molecule has 76 valence electrons. The lowest BCUT2D eigenvalue weighted by atomic mass is 10.4. The van der Waals surface area contributed by atoms with Crippen molar-refractivity contribution in [2.45, 2.75) is 6.30 Å². The first-order valence-electron chi connectivity index (χ1n) is 3.53. The van der Waals surface area contributed by atoms with Crippen molar-refractivity contribution in [3.63, 3.8) is 0 Å². The number of urea groups is 1. The Morgan fingerprint density at radius 3 is 2.64 bits per heavy atom. The number of anilines is 1. The number of halogens is 3. The van der Waals surface area contributed by atoms with E-state index in [0.717, 1.165) is 5.32 Å². The number of nitrogens with zero attached hydrogens (tertiary/aromatic N) is 1. The largest absolute Gasteiger partial charge is 0.485 e. The molecule has 0 aliphatic rings. The minimum atomic E-state index is -4.73. The molecule has 2 amide bonds. The van der Waals surface area contributed by atoms with Gasteiger partial charge in [0.25, 0.3) is 0 Å². The lowest BCUT2D eigenvalue weighted by molar-refractivity contribution is -0.144. The average molecular weight is 205 g/mol. The molecule has 0 spiro atoms. The van der Waals surface area contributed by atoms with Gasteiger partial charge in [0, 0.05) is 6.20 Å². The molecule has 0 fully saturated rings. The van der Waals surface area contributed by atoms with Crippen molar-refractivity contribution >= 4 is 11.7 Å². The van der Waals surface area contributed by atoms with Gasteiger partial charge in [-0.15, -0.1) is 0 Å². The summed E-state index contributed by atoms with van der Waals surface area (Å²) in [4.78, 5) is 14.3. The van der Waals surface area contributed by atoms with Crippen LogP contribution in [0.3, 0.4) is 0 Å². The first kappa shape index (κ1) is 10.3. The second-order valence-electron chi connectivity index (χ2n) is 2.32. The van der Waals surface area contributed by atoms with Gasteiger partial charge in [-0.2, -0.15) is 13.2 Å². The summed E-state index contributed by atoms with van der Waals surface area (Å²) in [6.07, 6.45) is -2.06. The normalized spacial score (nSPS) is 10.8. The van der Waals surface area contributed by atoms with Crippen LogP contribution in [0.1, 0.15) is 0 Å². The monoisotopic (exact) mass is 205 g/mol. The van der Waals surface area contributed by atoms with Gasteiger partial charge in [0.1, 0.15) is 0 Å². The number of rotatable bonds is 1. The zero-order valence-corrected chi connectivity index (χ0v) is 6.80. The number of pyridine rings is 1. The molecule has 0 aliphatic heterocycles. The van der Waals surface area contributed by atoms with Crippen molar-refractivity contribution in [3.05, 3.63) is 24.5 Å². The van der Waals surface area contributed by atoms with Gasteiger partial charge in [-0.05, 0) is 12.1 Å². The molecule has 0 bridgehead atoms. The van der Waals surface area contributed by atoms with Gasteiger partial charge in [0.2, 0.25) is 0 Å². The number of nitrogens with one attached hydrogen (secondary N) is 2. The number of amides is 2. The van der Waals surface area contributed by atoms with Crippen molar-refractivity contribution in [1.82, 2.24) is 10.3 Å². The Kier molecular flexibility index (Phi) is 2.90. The first-order valence-corrected chi connectivity index (χ1v) is 3.53. The minimum Gasteiger partial charge on any atom is -0.306 e. The highest BCUT2D eigenvalue weighted by molar-refractivity contribution is 5.89. The van der Waals surface area contributed by atoms with E-state index in [9.17, 15) is 18.0 Å². The van der Waals surface area contributed by atoms with E-state index in [1.165, 1.54) is 24.5 Å². The van der Waals surface area contributed by atoms with Gasteiger partial charge < -0.3 is 5.32 Å². The predicted octanol–water partition coefficient (Wildman–Crippen LogP) is 1.72. The maximum atomic E-state index is 11.6. The third-order valence-electron chi connectivity index (χ3n) is 1.17. The van der Waals surface area contributed by atoms with Crippen LogP contribution in [0.4, 0.5) is 23.7 Å². The fourth-order valence-corrected chi connectivity index (χ4v) is 0.728. The minimum absolute atomic E-state index is 0.189. The van der Waals surface area contributed by atoms with Crippen molar-refractivity contribution < 1.29 is 18.0 Å². The molecule has 1 aromatic rings. The molecule has 7 heteroatoms. The summed E-state index contributed by atoms with van der Waals surface area (Å²) in [5, 5.41) is 2.76. The van der Waals surface area contributed by atoms with E-state index in [4.69, 9.17) is 0 Å². The predicted molar refractivity (Wildman–Crippen MR) is 42.4 cm³/mol. The van der Waals surface area contributed by atoms with Crippen molar-refractivity contribution in [1.29, 1.82) is 0 Å². The molecule has 0 unspecified atom stereocenters. The fourth-order valence-electron chi connectivity index (χ4n) is 0.728. The Labute approximate surface area is 77.1 Å². The second-order valence-corrected chi connectivity index (χ2v) is 2.32. The van der Waals surface area contributed by atoms with Crippen molar-refractivity contribution in [3.8, 4) is 0 Å². The zero-order valence-electron chi connectivity index (χ0n) is 6.80. The third kappa shape index (κ3) is 3.74. The molecule has 2 N–H and O–H groups in total. The SMILES string of the molecule is O=C(Nc1cccnc1)NC(F)(F)F. The van der Waals surface area contributed by atoms with Crippen LogP contribution in [0.25, 0.3) is 0 Å². The third-order valence-corrected chi connectivity index (χ3v) is 1.17. The van der Waals surface area contributed by atoms with Gasteiger partial charge in [0.05, 0.1) is 11.9 Å². The standard InChI is InChI=1S/C7H6F3N3O/c8-7(9,10)13-6(14)12-5-2-1-3-11-4-5/h1-4H,(H2,12,13,14). The summed E-state index contributed by atoms with van der Waals surface area (Å²) in [6, 6.07) is 1.57. The van der Waals surface area contributed by atoms with Crippen LogP contribution in [0.2, 0.25) is 0 Å². The molecular formula is C7H6F3N3O. The molecule has 0 aliphatic carbocycles. The summed E-state index contributed by atoms with van der Waals surface area (Å²) < 4.78 is 34.9. The van der Waals surface area contributed by atoms with Gasteiger partial charge in [0.15, 0.2) is 0 Å². The highest BCUT2D eigenvalue weighted by Gasteiger charge is 2.29. The van der Waals surface area contributed by atoms with Gasteiger partial charge in [-0.3, -0.25) is 4.98 Å². The van der Waals surface area contributed by atoms with Crippen LogP contribution in [0.15, 0.2) is 24.5 Å².